The molecule has 30 heavy (non-hydrogen) atoms. The maximum Gasteiger partial charge on any atom is 0.257 e. The highest BCUT2D eigenvalue weighted by atomic mass is 32.1. The van der Waals surface area contributed by atoms with Gasteiger partial charge in [-0.15, -0.1) is 10.2 Å². The molecule has 2 aromatic carbocycles. The number of rotatable bonds is 8. The van der Waals surface area contributed by atoms with Crippen LogP contribution in [0.5, 0.6) is 11.5 Å². The van der Waals surface area contributed by atoms with Gasteiger partial charge in [-0.3, -0.25) is 14.9 Å². The van der Waals surface area contributed by atoms with Gasteiger partial charge in [0.05, 0.1) is 19.2 Å². The maximum atomic E-state index is 12.1. The third kappa shape index (κ3) is 5.85. The van der Waals surface area contributed by atoms with Crippen molar-refractivity contribution in [3.63, 3.8) is 0 Å². The number of hydrazone groups is 1. The Labute approximate surface area is 176 Å². The highest BCUT2D eigenvalue weighted by Crippen LogP contribution is 2.26. The Bertz CT molecular complexity index is 1050. The molecular formula is C20H19N5O4S. The molecule has 3 aromatic rings. The van der Waals surface area contributed by atoms with Crippen LogP contribution >= 0.6 is 11.3 Å². The summed E-state index contributed by atoms with van der Waals surface area (Å²) in [6, 6.07) is 13.5. The van der Waals surface area contributed by atoms with Crippen LogP contribution in [0.1, 0.15) is 27.9 Å². The molecule has 3 rings (SSSR count). The molecule has 0 unspecified atom stereocenters. The quantitative estimate of drug-likeness (QED) is 0.376. The number of ether oxygens (including phenoxy) is 1. The lowest BCUT2D eigenvalue weighted by molar-refractivity contribution is -0.120. The number of hydrogen-bond acceptors (Lipinski definition) is 8. The van der Waals surface area contributed by atoms with E-state index in [1.54, 1.807) is 36.4 Å². The first kappa shape index (κ1) is 20.9. The Morgan fingerprint density at radius 2 is 2.00 bits per heavy atom. The van der Waals surface area contributed by atoms with Gasteiger partial charge in [0, 0.05) is 5.56 Å². The number of nitrogens with zero attached hydrogens (tertiary/aromatic N) is 3. The van der Waals surface area contributed by atoms with Gasteiger partial charge in [-0.1, -0.05) is 29.5 Å². The SMILES string of the molecule is CCOc1ccc(/C=N\NC(=O)Cc2nnc(NC(=O)c3ccccc3)s2)cc1O. The summed E-state index contributed by atoms with van der Waals surface area (Å²) in [7, 11) is 0. The van der Waals surface area contributed by atoms with Gasteiger partial charge in [0.1, 0.15) is 5.01 Å². The first-order valence-corrected chi connectivity index (χ1v) is 9.83. The van der Waals surface area contributed by atoms with Crippen molar-refractivity contribution in [1.82, 2.24) is 15.6 Å². The molecule has 0 aliphatic carbocycles. The average molecular weight is 425 g/mol. The lowest BCUT2D eigenvalue weighted by Crippen LogP contribution is -2.19. The van der Waals surface area contributed by atoms with Gasteiger partial charge in [0.2, 0.25) is 11.0 Å². The monoisotopic (exact) mass is 425 g/mol. The molecule has 0 atom stereocenters. The summed E-state index contributed by atoms with van der Waals surface area (Å²) in [5.41, 5.74) is 3.48. The van der Waals surface area contributed by atoms with Crippen LogP contribution in [-0.2, 0) is 11.2 Å². The van der Waals surface area contributed by atoms with Crippen LogP contribution in [0.4, 0.5) is 5.13 Å². The van der Waals surface area contributed by atoms with Gasteiger partial charge >= 0.3 is 0 Å². The van der Waals surface area contributed by atoms with Crippen LogP contribution in [-0.4, -0.2) is 39.9 Å². The number of aromatic hydroxyl groups is 1. The summed E-state index contributed by atoms with van der Waals surface area (Å²) in [4.78, 5) is 24.1. The van der Waals surface area contributed by atoms with Crippen molar-refractivity contribution in [2.24, 2.45) is 5.10 Å². The molecule has 0 saturated heterocycles. The van der Waals surface area contributed by atoms with Crippen molar-refractivity contribution in [2.45, 2.75) is 13.3 Å². The van der Waals surface area contributed by atoms with E-state index in [9.17, 15) is 14.7 Å². The van der Waals surface area contributed by atoms with Crippen LogP contribution in [0.2, 0.25) is 0 Å². The summed E-state index contributed by atoms with van der Waals surface area (Å²) >= 11 is 1.11. The summed E-state index contributed by atoms with van der Waals surface area (Å²) in [5, 5.41) is 24.9. The van der Waals surface area contributed by atoms with Crippen molar-refractivity contribution in [3.8, 4) is 11.5 Å². The zero-order chi connectivity index (χ0) is 21.3. The second kappa shape index (κ2) is 10.1. The van der Waals surface area contributed by atoms with Crippen molar-refractivity contribution in [3.05, 3.63) is 64.7 Å². The minimum absolute atomic E-state index is 0.00827. The molecule has 0 saturated carbocycles. The predicted molar refractivity (Wildman–Crippen MR) is 113 cm³/mol. The zero-order valence-corrected chi connectivity index (χ0v) is 16.8. The largest absolute Gasteiger partial charge is 0.504 e. The predicted octanol–water partition coefficient (Wildman–Crippen LogP) is 2.59. The molecule has 9 nitrogen and oxygen atoms in total. The molecule has 0 fully saturated rings. The highest BCUT2D eigenvalue weighted by Gasteiger charge is 2.12. The van der Waals surface area contributed by atoms with Gasteiger partial charge in [-0.05, 0) is 42.8 Å². The summed E-state index contributed by atoms with van der Waals surface area (Å²) in [5.74, 6) is -0.319. The van der Waals surface area contributed by atoms with Crippen LogP contribution < -0.4 is 15.5 Å². The first-order chi connectivity index (χ1) is 14.5. The van der Waals surface area contributed by atoms with E-state index in [4.69, 9.17) is 4.74 Å². The molecule has 0 aliphatic rings. The number of nitrogens with one attached hydrogen (secondary N) is 2. The first-order valence-electron chi connectivity index (χ1n) is 9.01. The van der Waals surface area contributed by atoms with E-state index in [2.05, 4.69) is 26.0 Å². The fourth-order valence-corrected chi connectivity index (χ4v) is 3.12. The van der Waals surface area contributed by atoms with Gasteiger partial charge in [0.25, 0.3) is 5.91 Å². The Hall–Kier alpha value is -3.79. The second-order valence-electron chi connectivity index (χ2n) is 5.95. The number of carbonyl (C=O) groups excluding carboxylic acids is 2. The molecule has 0 aliphatic heterocycles. The molecule has 1 aromatic heterocycles. The van der Waals surface area contributed by atoms with Gasteiger partial charge in [0.15, 0.2) is 11.5 Å². The Kier molecular flexibility index (Phi) is 7.06. The Morgan fingerprint density at radius 1 is 1.20 bits per heavy atom. The summed E-state index contributed by atoms with van der Waals surface area (Å²) in [6.07, 6.45) is 1.36. The lowest BCUT2D eigenvalue weighted by Gasteiger charge is -2.05. The third-order valence-corrected chi connectivity index (χ3v) is 4.56. The average Bonchev–Trinajstić information content (AvgIpc) is 3.17. The zero-order valence-electron chi connectivity index (χ0n) is 16.0. The van der Waals surface area contributed by atoms with Gasteiger partial charge in [-0.2, -0.15) is 5.10 Å². The second-order valence-corrected chi connectivity index (χ2v) is 7.01. The van der Waals surface area contributed by atoms with E-state index >= 15 is 0 Å². The van der Waals surface area contributed by atoms with Crippen molar-refractivity contribution >= 4 is 34.5 Å². The topological polar surface area (TPSA) is 126 Å². The molecule has 0 bridgehead atoms. The standard InChI is InChI=1S/C20H19N5O4S/c1-2-29-16-9-8-13(10-15(16)26)12-21-23-17(27)11-18-24-25-20(30-18)22-19(28)14-6-4-3-5-7-14/h3-10,12,26H,2,11H2,1H3,(H,23,27)(H,22,25,28)/b21-12-. The van der Waals surface area contributed by atoms with E-state index in [0.717, 1.165) is 11.3 Å². The molecule has 3 N–H and O–H groups in total. The molecule has 0 spiro atoms. The minimum atomic E-state index is -0.390. The van der Waals surface area contributed by atoms with E-state index in [1.165, 1.54) is 12.3 Å². The number of anilines is 1. The molecule has 154 valence electrons. The maximum absolute atomic E-state index is 12.1. The van der Waals surface area contributed by atoms with Crippen LogP contribution in [0.25, 0.3) is 0 Å². The van der Waals surface area contributed by atoms with Crippen LogP contribution in [0.15, 0.2) is 53.6 Å². The van der Waals surface area contributed by atoms with E-state index in [-0.39, 0.29) is 18.1 Å². The highest BCUT2D eigenvalue weighted by molar-refractivity contribution is 7.15. The fraction of sp³-hybridized carbons (Fsp3) is 0.150. The molecule has 2 amide bonds. The summed E-state index contributed by atoms with van der Waals surface area (Å²) in [6.45, 7) is 2.27. The number of benzene rings is 2. The fourth-order valence-electron chi connectivity index (χ4n) is 2.38. The summed E-state index contributed by atoms with van der Waals surface area (Å²) < 4.78 is 5.25. The van der Waals surface area contributed by atoms with Crippen LogP contribution in [0, 0.1) is 0 Å². The minimum Gasteiger partial charge on any atom is -0.504 e. The Balaban J connectivity index is 1.50. The van der Waals surface area contributed by atoms with Crippen LogP contribution in [0.3, 0.4) is 0 Å². The van der Waals surface area contributed by atoms with E-state index in [0.29, 0.717) is 33.6 Å². The normalized spacial score (nSPS) is 10.7. The Morgan fingerprint density at radius 3 is 2.73 bits per heavy atom. The molecule has 1 heterocycles. The number of amides is 2. The van der Waals surface area contributed by atoms with E-state index < -0.39 is 5.91 Å². The molecule has 10 heteroatoms. The van der Waals surface area contributed by atoms with E-state index in [1.807, 2.05) is 13.0 Å². The number of carbonyl (C=O) groups is 2. The lowest BCUT2D eigenvalue weighted by atomic mass is 10.2. The number of phenolic OH excluding ortho intramolecular Hbond substituents is 1. The third-order valence-electron chi connectivity index (χ3n) is 3.72. The number of hydrogen-bond donors (Lipinski definition) is 3. The van der Waals surface area contributed by atoms with Crippen molar-refractivity contribution < 1.29 is 19.4 Å². The molecular weight excluding hydrogens is 406 g/mol. The van der Waals surface area contributed by atoms with Crippen molar-refractivity contribution in [2.75, 3.05) is 11.9 Å². The smallest absolute Gasteiger partial charge is 0.257 e. The van der Waals surface area contributed by atoms with Crippen molar-refractivity contribution in [1.29, 1.82) is 0 Å². The van der Waals surface area contributed by atoms with Gasteiger partial charge < -0.3 is 9.84 Å². The van der Waals surface area contributed by atoms with Gasteiger partial charge in [-0.25, -0.2) is 5.43 Å². The number of phenols is 1. The molecule has 0 radical (unpaired) electrons. The number of aromatic nitrogens is 2.